The molecule has 1 aromatic heterocycles. The van der Waals surface area contributed by atoms with Gasteiger partial charge < -0.3 is 19.2 Å². The summed E-state index contributed by atoms with van der Waals surface area (Å²) in [6.45, 7) is 4.73. The molecule has 27 heavy (non-hydrogen) atoms. The van der Waals surface area contributed by atoms with E-state index in [1.807, 2.05) is 29.2 Å². The summed E-state index contributed by atoms with van der Waals surface area (Å²) in [7, 11) is 1.63. The van der Waals surface area contributed by atoms with Crippen molar-refractivity contribution in [1.29, 1.82) is 0 Å². The minimum atomic E-state index is -0.920. The number of nitrogens with zero attached hydrogens (tertiary/aromatic N) is 2. The van der Waals surface area contributed by atoms with E-state index >= 15 is 0 Å². The van der Waals surface area contributed by atoms with Crippen molar-refractivity contribution in [3.05, 3.63) is 47.2 Å². The Morgan fingerprint density at radius 1 is 1.30 bits per heavy atom. The minimum absolute atomic E-state index is 0.0212. The zero-order valence-electron chi connectivity index (χ0n) is 16.1. The van der Waals surface area contributed by atoms with Gasteiger partial charge in [0.05, 0.1) is 18.4 Å². The van der Waals surface area contributed by atoms with Gasteiger partial charge in [-0.2, -0.15) is 0 Å². The molecule has 1 aliphatic carbocycles. The summed E-state index contributed by atoms with van der Waals surface area (Å²) >= 11 is 0. The number of ether oxygens (including phenoxy) is 1. The molecule has 1 saturated heterocycles. The number of aromatic nitrogens is 1. The number of hydrogen-bond donors (Lipinski definition) is 1. The Kier molecular flexibility index (Phi) is 4.46. The van der Waals surface area contributed by atoms with E-state index in [0.717, 1.165) is 24.2 Å². The number of aliphatic hydroxyl groups is 1. The highest BCUT2D eigenvalue weighted by atomic mass is 16.5. The topological polar surface area (TPSA) is 75.8 Å². The highest BCUT2D eigenvalue weighted by Gasteiger charge is 2.51. The van der Waals surface area contributed by atoms with Gasteiger partial charge in [0.1, 0.15) is 5.75 Å². The second kappa shape index (κ2) is 6.68. The molecule has 2 aliphatic rings. The number of carbonyl (C=O) groups is 1. The van der Waals surface area contributed by atoms with Crippen molar-refractivity contribution in [2.24, 2.45) is 11.8 Å². The van der Waals surface area contributed by atoms with E-state index in [0.29, 0.717) is 42.8 Å². The largest absolute Gasteiger partial charge is 0.497 e. The maximum atomic E-state index is 12.9. The first-order valence-corrected chi connectivity index (χ1v) is 9.52. The molecule has 0 unspecified atom stereocenters. The summed E-state index contributed by atoms with van der Waals surface area (Å²) in [5.41, 5.74) is 0.605. The van der Waals surface area contributed by atoms with Crippen molar-refractivity contribution in [3.63, 3.8) is 0 Å². The van der Waals surface area contributed by atoms with Crippen LogP contribution >= 0.6 is 0 Å². The van der Waals surface area contributed by atoms with Crippen LogP contribution in [-0.2, 0) is 5.60 Å². The third-order valence-corrected chi connectivity index (χ3v) is 6.16. The summed E-state index contributed by atoms with van der Waals surface area (Å²) in [6, 6.07) is 7.65. The van der Waals surface area contributed by atoms with Gasteiger partial charge in [-0.1, -0.05) is 12.1 Å². The third-order valence-electron chi connectivity index (χ3n) is 6.16. The van der Waals surface area contributed by atoms with Crippen molar-refractivity contribution < 1.29 is 19.1 Å². The monoisotopic (exact) mass is 370 g/mol. The predicted molar refractivity (Wildman–Crippen MR) is 99.6 cm³/mol. The van der Waals surface area contributed by atoms with Gasteiger partial charge in [-0.05, 0) is 49.8 Å². The molecule has 0 bridgehead atoms. The van der Waals surface area contributed by atoms with Gasteiger partial charge in [0.25, 0.3) is 5.91 Å². The van der Waals surface area contributed by atoms with Crippen LogP contribution in [0.3, 0.4) is 0 Å². The maximum Gasteiger partial charge on any atom is 0.291 e. The first-order chi connectivity index (χ1) is 12.9. The lowest BCUT2D eigenvalue weighted by atomic mass is 9.67. The van der Waals surface area contributed by atoms with Crippen LogP contribution in [0, 0.1) is 25.7 Å². The number of hydrogen-bond acceptors (Lipinski definition) is 5. The molecule has 2 fully saturated rings. The van der Waals surface area contributed by atoms with Crippen LogP contribution in [0.4, 0.5) is 0 Å². The Hall–Kier alpha value is -2.34. The van der Waals surface area contributed by atoms with Gasteiger partial charge in [0.2, 0.25) is 5.76 Å². The van der Waals surface area contributed by atoms with E-state index in [1.165, 1.54) is 0 Å². The molecule has 1 amide bonds. The molecule has 2 heterocycles. The second-order valence-corrected chi connectivity index (χ2v) is 7.77. The van der Waals surface area contributed by atoms with Gasteiger partial charge in [-0.3, -0.25) is 4.79 Å². The number of carbonyl (C=O) groups excluding carboxylic acids is 1. The highest BCUT2D eigenvalue weighted by Crippen LogP contribution is 2.48. The zero-order valence-corrected chi connectivity index (χ0v) is 16.1. The number of aryl methyl sites for hydroxylation is 2. The standard InChI is InChI=1S/C21H26N2O4/c1-13-19(27-14(2)22-13)20(24)23-11-15-5-4-10-21(25,18(15)12-23)16-6-8-17(26-3)9-7-16/h6-9,15,18,25H,4-5,10-12H2,1-3H3/t15-,18-,21-/m1/s1. The minimum Gasteiger partial charge on any atom is -0.497 e. The number of methoxy groups -OCH3 is 1. The second-order valence-electron chi connectivity index (χ2n) is 7.77. The molecule has 3 atom stereocenters. The van der Waals surface area contributed by atoms with Crippen LogP contribution in [0.25, 0.3) is 0 Å². The number of fused-ring (bicyclic) bond motifs is 1. The van der Waals surface area contributed by atoms with E-state index in [9.17, 15) is 9.90 Å². The summed E-state index contributed by atoms with van der Waals surface area (Å²) < 4.78 is 10.8. The number of oxazole rings is 1. The number of likely N-dealkylation sites (tertiary alicyclic amines) is 1. The molecule has 1 saturated carbocycles. The molecule has 4 rings (SSSR count). The SMILES string of the molecule is COc1ccc([C@]2(O)CCC[C@@H]3CN(C(=O)c4oc(C)nc4C)C[C@H]32)cc1. The van der Waals surface area contributed by atoms with Crippen molar-refractivity contribution in [1.82, 2.24) is 9.88 Å². The van der Waals surface area contributed by atoms with E-state index in [4.69, 9.17) is 9.15 Å². The van der Waals surface area contributed by atoms with E-state index in [2.05, 4.69) is 4.98 Å². The van der Waals surface area contributed by atoms with Gasteiger partial charge in [-0.25, -0.2) is 4.98 Å². The van der Waals surface area contributed by atoms with Crippen LogP contribution in [0.15, 0.2) is 28.7 Å². The quantitative estimate of drug-likeness (QED) is 0.899. The first kappa shape index (κ1) is 18.0. The van der Waals surface area contributed by atoms with Crippen molar-refractivity contribution in [2.75, 3.05) is 20.2 Å². The molecular formula is C21H26N2O4. The van der Waals surface area contributed by atoms with Crippen LogP contribution < -0.4 is 4.74 Å². The van der Waals surface area contributed by atoms with Crippen molar-refractivity contribution in [2.45, 2.75) is 38.7 Å². The number of rotatable bonds is 3. The van der Waals surface area contributed by atoms with Gasteiger partial charge in [0, 0.05) is 25.9 Å². The van der Waals surface area contributed by atoms with Crippen molar-refractivity contribution in [3.8, 4) is 5.75 Å². The Bertz CT molecular complexity index is 844. The lowest BCUT2D eigenvalue weighted by Crippen LogP contribution is -2.43. The number of amides is 1. The van der Waals surface area contributed by atoms with Crippen molar-refractivity contribution >= 4 is 5.91 Å². The zero-order chi connectivity index (χ0) is 19.2. The third kappa shape index (κ3) is 3.02. The first-order valence-electron chi connectivity index (χ1n) is 9.52. The molecule has 1 aromatic carbocycles. The van der Waals surface area contributed by atoms with Crippen LogP contribution in [0.2, 0.25) is 0 Å². The smallest absolute Gasteiger partial charge is 0.291 e. The fourth-order valence-corrected chi connectivity index (χ4v) is 4.80. The maximum absolute atomic E-state index is 12.9. The Labute approximate surface area is 159 Å². The molecule has 144 valence electrons. The predicted octanol–water partition coefficient (Wildman–Crippen LogP) is 3.06. The normalized spacial score (nSPS) is 27.5. The van der Waals surface area contributed by atoms with Crippen LogP contribution in [0.1, 0.15) is 47.0 Å². The highest BCUT2D eigenvalue weighted by molar-refractivity contribution is 5.92. The Balaban J connectivity index is 1.59. The molecule has 6 nitrogen and oxygen atoms in total. The van der Waals surface area contributed by atoms with Gasteiger partial charge >= 0.3 is 0 Å². The molecule has 0 spiro atoms. The van der Waals surface area contributed by atoms with E-state index in [1.54, 1.807) is 21.0 Å². The molecule has 0 radical (unpaired) electrons. The van der Waals surface area contributed by atoms with E-state index < -0.39 is 5.60 Å². The molecular weight excluding hydrogens is 344 g/mol. The Morgan fingerprint density at radius 2 is 2.04 bits per heavy atom. The van der Waals surface area contributed by atoms with Gasteiger partial charge in [-0.15, -0.1) is 0 Å². The average Bonchev–Trinajstić information content (AvgIpc) is 3.25. The number of benzene rings is 1. The van der Waals surface area contributed by atoms with Crippen LogP contribution in [0.5, 0.6) is 5.75 Å². The Morgan fingerprint density at radius 3 is 2.67 bits per heavy atom. The lowest BCUT2D eigenvalue weighted by Gasteiger charge is -2.41. The average molecular weight is 370 g/mol. The van der Waals surface area contributed by atoms with Gasteiger partial charge in [0.15, 0.2) is 5.89 Å². The molecule has 2 aromatic rings. The molecule has 1 N–H and O–H groups in total. The fraction of sp³-hybridized carbons (Fsp3) is 0.524. The molecule has 6 heteroatoms. The summed E-state index contributed by atoms with van der Waals surface area (Å²) in [6.07, 6.45) is 2.69. The summed E-state index contributed by atoms with van der Waals surface area (Å²) in [4.78, 5) is 19.0. The summed E-state index contributed by atoms with van der Waals surface area (Å²) in [5.74, 6) is 1.78. The molecule has 1 aliphatic heterocycles. The van der Waals surface area contributed by atoms with Crippen LogP contribution in [-0.4, -0.2) is 41.1 Å². The fourth-order valence-electron chi connectivity index (χ4n) is 4.80. The lowest BCUT2D eigenvalue weighted by molar-refractivity contribution is -0.0644. The van der Waals surface area contributed by atoms with E-state index in [-0.39, 0.29) is 11.8 Å². The summed E-state index contributed by atoms with van der Waals surface area (Å²) in [5, 5.41) is 11.6.